The van der Waals surface area contributed by atoms with Gasteiger partial charge in [0.1, 0.15) is 5.76 Å². The molecule has 2 heteroatoms. The van der Waals surface area contributed by atoms with E-state index in [1.165, 1.54) is 32.1 Å². The van der Waals surface area contributed by atoms with Gasteiger partial charge in [-0.1, -0.05) is 19.3 Å². The van der Waals surface area contributed by atoms with E-state index >= 15 is 0 Å². The highest BCUT2D eigenvalue weighted by Gasteiger charge is 2.32. The van der Waals surface area contributed by atoms with Gasteiger partial charge in [-0.2, -0.15) is 0 Å². The molecule has 1 fully saturated rings. The largest absolute Gasteiger partial charge is 0.469 e. The van der Waals surface area contributed by atoms with Crippen LogP contribution in [0, 0.1) is 5.41 Å². The molecule has 0 bridgehead atoms. The first-order valence-electron chi connectivity index (χ1n) is 5.43. The second kappa shape index (κ2) is 4.39. The van der Waals surface area contributed by atoms with E-state index in [9.17, 15) is 0 Å². The number of rotatable bonds is 3. The Morgan fingerprint density at radius 3 is 2.64 bits per heavy atom. The summed E-state index contributed by atoms with van der Waals surface area (Å²) in [5.41, 5.74) is 0.317. The summed E-state index contributed by atoms with van der Waals surface area (Å²) in [4.78, 5) is 0. The maximum Gasteiger partial charge on any atom is 0.104 e. The molecule has 78 valence electrons. The van der Waals surface area contributed by atoms with Crippen molar-refractivity contribution in [3.63, 3.8) is 0 Å². The van der Waals surface area contributed by atoms with Gasteiger partial charge in [0.15, 0.2) is 0 Å². The molecule has 1 aliphatic rings. The molecule has 0 saturated heterocycles. The van der Waals surface area contributed by atoms with Crippen molar-refractivity contribution in [3.8, 4) is 0 Å². The van der Waals surface area contributed by atoms with E-state index in [1.54, 1.807) is 6.26 Å². The third-order valence-corrected chi connectivity index (χ3v) is 3.89. The zero-order valence-electron chi connectivity index (χ0n) is 8.47. The maximum absolute atomic E-state index is 6.11. The molecule has 0 radical (unpaired) electrons. The van der Waals surface area contributed by atoms with Gasteiger partial charge in [0, 0.05) is 12.3 Å². The Balaban J connectivity index is 2.04. The Bertz CT molecular complexity index is 260. The highest BCUT2D eigenvalue weighted by atomic mass is 35.5. The van der Waals surface area contributed by atoms with E-state index in [-0.39, 0.29) is 0 Å². The van der Waals surface area contributed by atoms with Crippen LogP contribution in [0.1, 0.15) is 37.9 Å². The van der Waals surface area contributed by atoms with Crippen molar-refractivity contribution in [1.82, 2.24) is 0 Å². The Morgan fingerprint density at radius 2 is 2.07 bits per heavy atom. The van der Waals surface area contributed by atoms with Crippen molar-refractivity contribution in [3.05, 3.63) is 24.2 Å². The summed E-state index contributed by atoms with van der Waals surface area (Å²) < 4.78 is 5.40. The molecule has 0 N–H and O–H groups in total. The van der Waals surface area contributed by atoms with E-state index in [0.29, 0.717) is 5.41 Å². The molecule has 1 heterocycles. The van der Waals surface area contributed by atoms with Crippen LogP contribution in [0.5, 0.6) is 0 Å². The minimum atomic E-state index is 0.317. The van der Waals surface area contributed by atoms with Crippen molar-refractivity contribution in [2.45, 2.75) is 38.5 Å². The summed E-state index contributed by atoms with van der Waals surface area (Å²) in [5, 5.41) is 0. The zero-order chi connectivity index (χ0) is 9.86. The number of halogens is 1. The summed E-state index contributed by atoms with van der Waals surface area (Å²) in [7, 11) is 0. The maximum atomic E-state index is 6.11. The van der Waals surface area contributed by atoms with Crippen LogP contribution in [0.2, 0.25) is 0 Å². The summed E-state index contributed by atoms with van der Waals surface area (Å²) in [5.74, 6) is 1.86. The SMILES string of the molecule is ClCC1(Cc2ccco2)CCCCC1. The molecular weight excluding hydrogens is 196 g/mol. The minimum absolute atomic E-state index is 0.317. The average molecular weight is 213 g/mol. The number of furan rings is 1. The lowest BCUT2D eigenvalue weighted by atomic mass is 9.73. The summed E-state index contributed by atoms with van der Waals surface area (Å²) in [6, 6.07) is 4.02. The molecule has 14 heavy (non-hydrogen) atoms. The van der Waals surface area contributed by atoms with Crippen LogP contribution in [0.3, 0.4) is 0 Å². The fourth-order valence-corrected chi connectivity index (χ4v) is 2.80. The molecule has 2 rings (SSSR count). The fourth-order valence-electron chi connectivity index (χ4n) is 2.44. The third-order valence-electron chi connectivity index (χ3n) is 3.33. The Morgan fingerprint density at radius 1 is 1.29 bits per heavy atom. The second-order valence-electron chi connectivity index (χ2n) is 4.45. The first-order chi connectivity index (χ1) is 6.85. The molecule has 1 aromatic heterocycles. The second-order valence-corrected chi connectivity index (χ2v) is 4.72. The summed E-state index contributed by atoms with van der Waals surface area (Å²) in [6.45, 7) is 0. The lowest BCUT2D eigenvalue weighted by molar-refractivity contribution is 0.206. The van der Waals surface area contributed by atoms with Crippen LogP contribution in [-0.2, 0) is 6.42 Å². The minimum Gasteiger partial charge on any atom is -0.469 e. The standard InChI is InChI=1S/C12H17ClO/c13-10-12(6-2-1-3-7-12)9-11-5-4-8-14-11/h4-5,8H,1-3,6-7,9-10H2. The highest BCUT2D eigenvalue weighted by molar-refractivity contribution is 6.18. The van der Waals surface area contributed by atoms with Crippen LogP contribution in [0.4, 0.5) is 0 Å². The van der Waals surface area contributed by atoms with Gasteiger partial charge >= 0.3 is 0 Å². The predicted molar refractivity (Wildman–Crippen MR) is 58.7 cm³/mol. The topological polar surface area (TPSA) is 13.1 Å². The molecule has 0 spiro atoms. The lowest BCUT2D eigenvalue weighted by Gasteiger charge is -2.34. The van der Waals surface area contributed by atoms with Gasteiger partial charge in [-0.25, -0.2) is 0 Å². The van der Waals surface area contributed by atoms with E-state index in [2.05, 4.69) is 6.07 Å². The Labute approximate surface area is 90.4 Å². The quantitative estimate of drug-likeness (QED) is 0.690. The van der Waals surface area contributed by atoms with Gasteiger partial charge in [-0.15, -0.1) is 11.6 Å². The first kappa shape index (κ1) is 10.1. The number of alkyl halides is 1. The first-order valence-corrected chi connectivity index (χ1v) is 5.96. The molecule has 1 aliphatic carbocycles. The highest BCUT2D eigenvalue weighted by Crippen LogP contribution is 2.40. The number of hydrogen-bond donors (Lipinski definition) is 0. The molecule has 1 aromatic rings. The van der Waals surface area contributed by atoms with Crippen molar-refractivity contribution in [1.29, 1.82) is 0 Å². The Kier molecular flexibility index (Phi) is 3.17. The van der Waals surface area contributed by atoms with Gasteiger partial charge in [0.05, 0.1) is 6.26 Å². The van der Waals surface area contributed by atoms with Crippen LogP contribution < -0.4 is 0 Å². The van der Waals surface area contributed by atoms with Crippen molar-refractivity contribution in [2.24, 2.45) is 5.41 Å². The summed E-state index contributed by atoms with van der Waals surface area (Å²) >= 11 is 6.11. The van der Waals surface area contributed by atoms with Gasteiger partial charge in [-0.05, 0) is 30.4 Å². The average Bonchev–Trinajstić information content (AvgIpc) is 2.72. The zero-order valence-corrected chi connectivity index (χ0v) is 9.22. The molecular formula is C12H17ClO. The van der Waals surface area contributed by atoms with Crippen LogP contribution >= 0.6 is 11.6 Å². The molecule has 1 saturated carbocycles. The van der Waals surface area contributed by atoms with Crippen LogP contribution in [0.15, 0.2) is 22.8 Å². The van der Waals surface area contributed by atoms with E-state index in [4.69, 9.17) is 16.0 Å². The monoisotopic (exact) mass is 212 g/mol. The Hall–Kier alpha value is -0.430. The number of hydrogen-bond acceptors (Lipinski definition) is 1. The molecule has 0 aliphatic heterocycles. The molecule has 0 aromatic carbocycles. The van der Waals surface area contributed by atoms with Gasteiger partial charge in [0.25, 0.3) is 0 Å². The van der Waals surface area contributed by atoms with Crippen molar-refractivity contribution < 1.29 is 4.42 Å². The van der Waals surface area contributed by atoms with Gasteiger partial charge in [0.2, 0.25) is 0 Å². The predicted octanol–water partition coefficient (Wildman–Crippen LogP) is 4.01. The van der Waals surface area contributed by atoms with Crippen molar-refractivity contribution in [2.75, 3.05) is 5.88 Å². The molecule has 0 amide bonds. The van der Waals surface area contributed by atoms with Gasteiger partial charge < -0.3 is 4.42 Å². The van der Waals surface area contributed by atoms with E-state index in [1.807, 2.05) is 6.07 Å². The van der Waals surface area contributed by atoms with E-state index in [0.717, 1.165) is 18.1 Å². The molecule has 1 nitrogen and oxygen atoms in total. The summed E-state index contributed by atoms with van der Waals surface area (Å²) in [6.07, 6.45) is 9.32. The third kappa shape index (κ3) is 2.14. The van der Waals surface area contributed by atoms with Crippen LogP contribution in [-0.4, -0.2) is 5.88 Å². The fraction of sp³-hybridized carbons (Fsp3) is 0.667. The molecule has 0 unspecified atom stereocenters. The lowest BCUT2D eigenvalue weighted by Crippen LogP contribution is -2.28. The normalized spacial score (nSPS) is 20.9. The molecule has 0 atom stereocenters. The van der Waals surface area contributed by atoms with Crippen molar-refractivity contribution >= 4 is 11.6 Å². The van der Waals surface area contributed by atoms with Crippen LogP contribution in [0.25, 0.3) is 0 Å². The van der Waals surface area contributed by atoms with E-state index < -0.39 is 0 Å². The van der Waals surface area contributed by atoms with Gasteiger partial charge in [-0.3, -0.25) is 0 Å². The smallest absolute Gasteiger partial charge is 0.104 e.